The number of nitrogens with zero attached hydrogens (tertiary/aromatic N) is 2. The van der Waals surface area contributed by atoms with Crippen molar-refractivity contribution in [2.24, 2.45) is 0 Å². The van der Waals surface area contributed by atoms with Crippen molar-refractivity contribution in [3.05, 3.63) is 129 Å². The summed E-state index contributed by atoms with van der Waals surface area (Å²) in [5, 5.41) is 3.42. The van der Waals surface area contributed by atoms with E-state index in [1.165, 1.54) is 24.1 Å². The SMILES string of the molecule is CNC(=O)[C@H](Cc1ccccc1)N(Cc1ccc(Cl)cc1Cl)C(=O)CN(c1ccc(C)cc1C)S(=O)(=O)c1ccc(C)cc1. The zero-order valence-electron chi connectivity index (χ0n) is 25.1. The van der Waals surface area contributed by atoms with Gasteiger partial charge in [-0.05, 0) is 67.8 Å². The number of hydrogen-bond acceptors (Lipinski definition) is 4. The van der Waals surface area contributed by atoms with E-state index in [4.69, 9.17) is 23.2 Å². The first-order valence-electron chi connectivity index (χ1n) is 14.1. The van der Waals surface area contributed by atoms with Gasteiger partial charge in [0.25, 0.3) is 10.0 Å². The third-order valence-electron chi connectivity index (χ3n) is 7.38. The maximum Gasteiger partial charge on any atom is 0.264 e. The van der Waals surface area contributed by atoms with E-state index in [1.807, 2.05) is 50.2 Å². The predicted octanol–water partition coefficient (Wildman–Crippen LogP) is 6.50. The van der Waals surface area contributed by atoms with Gasteiger partial charge in [0.2, 0.25) is 11.8 Å². The second kappa shape index (κ2) is 14.3. The lowest BCUT2D eigenvalue weighted by Crippen LogP contribution is -2.53. The fourth-order valence-corrected chi connectivity index (χ4v) is 6.94. The predicted molar refractivity (Wildman–Crippen MR) is 177 cm³/mol. The molecule has 0 aromatic heterocycles. The van der Waals surface area contributed by atoms with Crippen LogP contribution >= 0.6 is 23.2 Å². The Morgan fingerprint density at radius 1 is 0.841 bits per heavy atom. The van der Waals surface area contributed by atoms with Crippen LogP contribution in [-0.4, -0.2) is 44.8 Å². The van der Waals surface area contributed by atoms with Crippen molar-refractivity contribution in [2.45, 2.75) is 44.7 Å². The Balaban J connectivity index is 1.83. The molecule has 0 fully saturated rings. The minimum Gasteiger partial charge on any atom is -0.357 e. The van der Waals surface area contributed by atoms with Gasteiger partial charge in [0.15, 0.2) is 0 Å². The van der Waals surface area contributed by atoms with Crippen LogP contribution in [0.25, 0.3) is 0 Å². The third kappa shape index (κ3) is 7.80. The van der Waals surface area contributed by atoms with Crippen LogP contribution in [0.5, 0.6) is 0 Å². The van der Waals surface area contributed by atoms with Gasteiger partial charge in [-0.1, -0.05) is 95.0 Å². The molecule has 0 heterocycles. The number of halogens is 2. The maximum absolute atomic E-state index is 14.4. The van der Waals surface area contributed by atoms with Gasteiger partial charge in [-0.2, -0.15) is 0 Å². The zero-order valence-corrected chi connectivity index (χ0v) is 27.4. The van der Waals surface area contributed by atoms with E-state index >= 15 is 0 Å². The van der Waals surface area contributed by atoms with Crippen LogP contribution < -0.4 is 9.62 Å². The molecule has 0 saturated heterocycles. The smallest absolute Gasteiger partial charge is 0.264 e. The summed E-state index contributed by atoms with van der Waals surface area (Å²) in [4.78, 5) is 29.3. The molecule has 230 valence electrons. The highest BCUT2D eigenvalue weighted by Gasteiger charge is 2.35. The van der Waals surface area contributed by atoms with E-state index in [2.05, 4.69) is 5.32 Å². The number of anilines is 1. The molecule has 4 aromatic carbocycles. The molecule has 44 heavy (non-hydrogen) atoms. The minimum atomic E-state index is -4.19. The highest BCUT2D eigenvalue weighted by Crippen LogP contribution is 2.29. The number of carbonyl (C=O) groups is 2. The summed E-state index contributed by atoms with van der Waals surface area (Å²) in [6.07, 6.45) is 0.200. The quantitative estimate of drug-likeness (QED) is 0.201. The van der Waals surface area contributed by atoms with Crippen molar-refractivity contribution < 1.29 is 18.0 Å². The summed E-state index contributed by atoms with van der Waals surface area (Å²) in [5.74, 6) is -0.969. The average Bonchev–Trinajstić information content (AvgIpc) is 2.99. The maximum atomic E-state index is 14.4. The number of benzene rings is 4. The topological polar surface area (TPSA) is 86.8 Å². The fourth-order valence-electron chi connectivity index (χ4n) is 4.99. The molecule has 0 saturated carbocycles. The average molecular weight is 653 g/mol. The summed E-state index contributed by atoms with van der Waals surface area (Å²) >= 11 is 12.7. The molecule has 1 atom stereocenters. The molecule has 0 aliphatic rings. The van der Waals surface area contributed by atoms with Crippen LogP contribution in [0.2, 0.25) is 10.0 Å². The van der Waals surface area contributed by atoms with Gasteiger partial charge in [0.05, 0.1) is 10.6 Å². The van der Waals surface area contributed by atoms with Crippen LogP contribution in [0.4, 0.5) is 5.69 Å². The van der Waals surface area contributed by atoms with Crippen molar-refractivity contribution in [3.63, 3.8) is 0 Å². The molecule has 7 nitrogen and oxygen atoms in total. The monoisotopic (exact) mass is 651 g/mol. The number of amides is 2. The van der Waals surface area contributed by atoms with Crippen molar-refractivity contribution in [1.82, 2.24) is 10.2 Å². The molecule has 1 N–H and O–H groups in total. The molecule has 4 rings (SSSR count). The lowest BCUT2D eigenvalue weighted by molar-refractivity contribution is -0.139. The van der Waals surface area contributed by atoms with Crippen LogP contribution in [-0.2, 0) is 32.6 Å². The lowest BCUT2D eigenvalue weighted by Gasteiger charge is -2.34. The molecular formula is C34H35Cl2N3O4S. The first-order valence-corrected chi connectivity index (χ1v) is 16.3. The van der Waals surface area contributed by atoms with Gasteiger partial charge in [-0.3, -0.25) is 13.9 Å². The Morgan fingerprint density at radius 2 is 1.50 bits per heavy atom. The first kappa shape index (κ1) is 33.1. The molecule has 0 radical (unpaired) electrons. The second-order valence-corrected chi connectivity index (χ2v) is 13.4. The van der Waals surface area contributed by atoms with Crippen LogP contribution in [0, 0.1) is 20.8 Å². The molecule has 0 bridgehead atoms. The van der Waals surface area contributed by atoms with Crippen molar-refractivity contribution in [3.8, 4) is 0 Å². The fraction of sp³-hybridized carbons (Fsp3) is 0.235. The Kier molecular flexibility index (Phi) is 10.7. The largest absolute Gasteiger partial charge is 0.357 e. The minimum absolute atomic E-state index is 0.0505. The standard InChI is InChI=1S/C34H35Cl2N3O4S/c1-23-10-15-29(16-11-23)44(42,43)39(31-17-12-24(2)18-25(31)3)22-33(40)38(21-27-13-14-28(35)20-30(27)36)32(34(41)37-4)19-26-8-6-5-7-9-26/h5-18,20,32H,19,21-22H2,1-4H3,(H,37,41)/t32-/m0/s1. The molecule has 4 aromatic rings. The summed E-state index contributed by atoms with van der Waals surface area (Å²) in [6, 6.07) is 25.1. The molecule has 10 heteroatoms. The highest BCUT2D eigenvalue weighted by atomic mass is 35.5. The molecule has 0 spiro atoms. The Hall–Kier alpha value is -3.85. The van der Waals surface area contributed by atoms with E-state index in [0.717, 1.165) is 21.0 Å². The first-order chi connectivity index (χ1) is 20.9. The van der Waals surface area contributed by atoms with Crippen LogP contribution in [0.1, 0.15) is 27.8 Å². The van der Waals surface area contributed by atoms with Crippen molar-refractivity contribution in [2.75, 3.05) is 17.9 Å². The van der Waals surface area contributed by atoms with E-state index in [9.17, 15) is 18.0 Å². The molecular weight excluding hydrogens is 617 g/mol. The van der Waals surface area contributed by atoms with Gasteiger partial charge in [0.1, 0.15) is 12.6 Å². The Labute approximate surface area is 269 Å². The van der Waals surface area contributed by atoms with E-state index < -0.39 is 34.4 Å². The Morgan fingerprint density at radius 3 is 2.11 bits per heavy atom. The van der Waals surface area contributed by atoms with Gasteiger partial charge in [0, 0.05) is 30.1 Å². The van der Waals surface area contributed by atoms with E-state index in [-0.39, 0.29) is 17.9 Å². The van der Waals surface area contributed by atoms with Crippen LogP contribution in [0.15, 0.2) is 95.9 Å². The van der Waals surface area contributed by atoms with E-state index in [0.29, 0.717) is 26.9 Å². The third-order valence-corrected chi connectivity index (χ3v) is 9.74. The Bertz CT molecular complexity index is 1750. The number of rotatable bonds is 11. The summed E-state index contributed by atoms with van der Waals surface area (Å²) in [5.41, 5.74) is 4.30. The van der Waals surface area contributed by atoms with Crippen LogP contribution in [0.3, 0.4) is 0 Å². The molecule has 0 unspecified atom stereocenters. The molecule has 0 aliphatic carbocycles. The van der Waals surface area contributed by atoms with Gasteiger partial charge >= 0.3 is 0 Å². The highest BCUT2D eigenvalue weighted by molar-refractivity contribution is 7.92. The summed E-state index contributed by atoms with van der Waals surface area (Å²) in [7, 11) is -2.69. The number of sulfonamides is 1. The molecule has 2 amide bonds. The normalized spacial score (nSPS) is 12.0. The zero-order chi connectivity index (χ0) is 32.0. The summed E-state index contributed by atoms with van der Waals surface area (Å²) in [6.45, 7) is 4.99. The summed E-state index contributed by atoms with van der Waals surface area (Å²) < 4.78 is 29.5. The number of aryl methyl sites for hydroxylation is 3. The number of likely N-dealkylation sites (N-methyl/N-ethyl adjacent to an activating group) is 1. The lowest BCUT2D eigenvalue weighted by atomic mass is 10.0. The van der Waals surface area contributed by atoms with Crippen molar-refractivity contribution in [1.29, 1.82) is 0 Å². The van der Waals surface area contributed by atoms with Gasteiger partial charge in [-0.25, -0.2) is 8.42 Å². The number of nitrogens with one attached hydrogen (secondary N) is 1. The number of carbonyl (C=O) groups excluding carboxylic acids is 2. The van der Waals surface area contributed by atoms with E-state index in [1.54, 1.807) is 49.4 Å². The van der Waals surface area contributed by atoms with Gasteiger partial charge < -0.3 is 10.2 Å². The molecule has 0 aliphatic heterocycles. The van der Waals surface area contributed by atoms with Crippen molar-refractivity contribution >= 4 is 50.7 Å². The number of hydrogen-bond donors (Lipinski definition) is 1. The second-order valence-electron chi connectivity index (χ2n) is 10.7. The van der Waals surface area contributed by atoms with Gasteiger partial charge in [-0.15, -0.1) is 0 Å².